The van der Waals surface area contributed by atoms with E-state index in [1.165, 1.54) is 42.7 Å². The molecule has 1 aliphatic carbocycles. The third-order valence-corrected chi connectivity index (χ3v) is 3.86. The number of aryl methyl sites for hydroxylation is 2. The van der Waals surface area contributed by atoms with Gasteiger partial charge in [-0.05, 0) is 32.6 Å². The van der Waals surface area contributed by atoms with Gasteiger partial charge in [-0.15, -0.1) is 11.3 Å². The standard InChI is InChI=1S/C10H16N2S/c1-7(11)10-12-8-5-3-2-4-6-9(8)13-10/h7H,2-6,11H2,1H3. The summed E-state index contributed by atoms with van der Waals surface area (Å²) in [7, 11) is 0. The van der Waals surface area contributed by atoms with Crippen LogP contribution in [0.1, 0.15) is 47.8 Å². The molecule has 13 heavy (non-hydrogen) atoms. The summed E-state index contributed by atoms with van der Waals surface area (Å²) in [6.07, 6.45) is 6.37. The summed E-state index contributed by atoms with van der Waals surface area (Å²) in [6.45, 7) is 2.01. The van der Waals surface area contributed by atoms with Crippen LogP contribution in [0.2, 0.25) is 0 Å². The first-order chi connectivity index (χ1) is 6.27. The van der Waals surface area contributed by atoms with Crippen LogP contribution in [0.4, 0.5) is 0 Å². The first kappa shape index (κ1) is 9.16. The molecule has 0 saturated carbocycles. The molecule has 0 aromatic carbocycles. The van der Waals surface area contributed by atoms with Crippen molar-refractivity contribution >= 4 is 11.3 Å². The molecule has 1 unspecified atom stereocenters. The highest BCUT2D eigenvalue weighted by atomic mass is 32.1. The van der Waals surface area contributed by atoms with E-state index in [1.807, 2.05) is 18.3 Å². The smallest absolute Gasteiger partial charge is 0.110 e. The Morgan fingerprint density at radius 1 is 1.31 bits per heavy atom. The summed E-state index contributed by atoms with van der Waals surface area (Å²) >= 11 is 1.82. The van der Waals surface area contributed by atoms with E-state index in [0.717, 1.165) is 5.01 Å². The second-order valence-corrected chi connectivity index (χ2v) is 4.89. The summed E-state index contributed by atoms with van der Waals surface area (Å²) in [5.41, 5.74) is 7.14. The molecule has 0 bridgehead atoms. The van der Waals surface area contributed by atoms with Crippen LogP contribution in [0.15, 0.2) is 0 Å². The topological polar surface area (TPSA) is 38.9 Å². The number of hydrogen-bond donors (Lipinski definition) is 1. The van der Waals surface area contributed by atoms with E-state index in [-0.39, 0.29) is 6.04 Å². The Morgan fingerprint density at radius 2 is 2.08 bits per heavy atom. The molecule has 0 spiro atoms. The number of fused-ring (bicyclic) bond motifs is 1. The fourth-order valence-electron chi connectivity index (χ4n) is 1.74. The first-order valence-corrected chi connectivity index (χ1v) is 5.83. The first-order valence-electron chi connectivity index (χ1n) is 5.01. The van der Waals surface area contributed by atoms with Gasteiger partial charge in [0.1, 0.15) is 5.01 Å². The molecule has 3 heteroatoms. The predicted molar refractivity (Wildman–Crippen MR) is 56.0 cm³/mol. The zero-order chi connectivity index (χ0) is 9.26. The second kappa shape index (κ2) is 3.76. The normalized spacial score (nSPS) is 19.2. The minimum Gasteiger partial charge on any atom is -0.322 e. The maximum atomic E-state index is 5.81. The molecule has 1 aromatic rings. The van der Waals surface area contributed by atoms with Crippen molar-refractivity contribution in [3.05, 3.63) is 15.6 Å². The van der Waals surface area contributed by atoms with Gasteiger partial charge in [-0.2, -0.15) is 0 Å². The van der Waals surface area contributed by atoms with E-state index in [0.29, 0.717) is 0 Å². The average molecular weight is 196 g/mol. The zero-order valence-corrected chi connectivity index (χ0v) is 8.86. The van der Waals surface area contributed by atoms with Crippen LogP contribution >= 0.6 is 11.3 Å². The monoisotopic (exact) mass is 196 g/mol. The molecule has 2 rings (SSSR count). The molecule has 0 aliphatic heterocycles. The molecule has 0 radical (unpaired) electrons. The van der Waals surface area contributed by atoms with Gasteiger partial charge in [0.2, 0.25) is 0 Å². The number of thiazole rings is 1. The Bertz CT molecular complexity index is 268. The molecule has 1 heterocycles. The molecular weight excluding hydrogens is 180 g/mol. The van der Waals surface area contributed by atoms with Gasteiger partial charge in [0.25, 0.3) is 0 Å². The lowest BCUT2D eigenvalue weighted by Crippen LogP contribution is -2.04. The molecule has 0 fully saturated rings. The molecule has 0 amide bonds. The van der Waals surface area contributed by atoms with Crippen molar-refractivity contribution in [3.8, 4) is 0 Å². The van der Waals surface area contributed by atoms with Crippen molar-refractivity contribution in [3.63, 3.8) is 0 Å². The lowest BCUT2D eigenvalue weighted by molar-refractivity contribution is 0.705. The third kappa shape index (κ3) is 1.92. The van der Waals surface area contributed by atoms with Crippen LogP contribution in [-0.2, 0) is 12.8 Å². The summed E-state index contributed by atoms with van der Waals surface area (Å²) in [6, 6.07) is 0.108. The van der Waals surface area contributed by atoms with Crippen LogP contribution in [0, 0.1) is 0 Å². The van der Waals surface area contributed by atoms with Crippen LogP contribution in [0.5, 0.6) is 0 Å². The van der Waals surface area contributed by atoms with E-state index in [2.05, 4.69) is 4.98 Å². The van der Waals surface area contributed by atoms with E-state index in [9.17, 15) is 0 Å². The van der Waals surface area contributed by atoms with Crippen molar-refractivity contribution in [2.24, 2.45) is 5.73 Å². The van der Waals surface area contributed by atoms with E-state index < -0.39 is 0 Å². The van der Waals surface area contributed by atoms with Gasteiger partial charge in [-0.3, -0.25) is 0 Å². The number of nitrogens with zero attached hydrogens (tertiary/aromatic N) is 1. The highest BCUT2D eigenvalue weighted by Gasteiger charge is 2.15. The highest BCUT2D eigenvalue weighted by molar-refractivity contribution is 7.11. The summed E-state index contributed by atoms with van der Waals surface area (Å²) in [5, 5.41) is 1.12. The Morgan fingerprint density at radius 3 is 2.85 bits per heavy atom. The Labute approximate surface area is 83.2 Å². The fraction of sp³-hybridized carbons (Fsp3) is 0.700. The molecule has 1 aromatic heterocycles. The SMILES string of the molecule is CC(N)c1nc2c(s1)CCCCC2. The minimum absolute atomic E-state index is 0.108. The number of nitrogens with two attached hydrogens (primary N) is 1. The molecule has 72 valence electrons. The van der Waals surface area contributed by atoms with Crippen molar-refractivity contribution in [2.45, 2.75) is 45.1 Å². The average Bonchev–Trinajstić information content (AvgIpc) is 2.38. The molecular formula is C10H16N2S. The Hall–Kier alpha value is -0.410. The Kier molecular flexibility index (Phi) is 2.65. The van der Waals surface area contributed by atoms with Gasteiger partial charge >= 0.3 is 0 Å². The van der Waals surface area contributed by atoms with Gasteiger partial charge in [0.15, 0.2) is 0 Å². The van der Waals surface area contributed by atoms with Crippen LogP contribution in [0.25, 0.3) is 0 Å². The molecule has 2 nitrogen and oxygen atoms in total. The van der Waals surface area contributed by atoms with Crippen LogP contribution < -0.4 is 5.73 Å². The fourth-order valence-corrected chi connectivity index (χ4v) is 2.85. The van der Waals surface area contributed by atoms with Gasteiger partial charge in [-0.25, -0.2) is 4.98 Å². The van der Waals surface area contributed by atoms with Crippen molar-refractivity contribution < 1.29 is 0 Å². The third-order valence-electron chi connectivity index (χ3n) is 2.50. The highest BCUT2D eigenvalue weighted by Crippen LogP contribution is 2.28. The van der Waals surface area contributed by atoms with Gasteiger partial charge in [0.05, 0.1) is 11.7 Å². The van der Waals surface area contributed by atoms with Crippen molar-refractivity contribution in [1.29, 1.82) is 0 Å². The maximum Gasteiger partial charge on any atom is 0.110 e. The van der Waals surface area contributed by atoms with E-state index in [1.54, 1.807) is 0 Å². The Balaban J connectivity index is 2.27. The summed E-state index contributed by atoms with van der Waals surface area (Å²) in [5.74, 6) is 0. The van der Waals surface area contributed by atoms with Crippen molar-refractivity contribution in [1.82, 2.24) is 4.98 Å². The number of hydrogen-bond acceptors (Lipinski definition) is 3. The van der Waals surface area contributed by atoms with Gasteiger partial charge in [-0.1, -0.05) is 6.42 Å². The van der Waals surface area contributed by atoms with Gasteiger partial charge < -0.3 is 5.73 Å². The van der Waals surface area contributed by atoms with Gasteiger partial charge in [0, 0.05) is 4.88 Å². The quantitative estimate of drug-likeness (QED) is 0.701. The van der Waals surface area contributed by atoms with Crippen LogP contribution in [0.3, 0.4) is 0 Å². The number of aromatic nitrogens is 1. The largest absolute Gasteiger partial charge is 0.322 e. The van der Waals surface area contributed by atoms with Crippen molar-refractivity contribution in [2.75, 3.05) is 0 Å². The van der Waals surface area contributed by atoms with E-state index >= 15 is 0 Å². The minimum atomic E-state index is 0.108. The summed E-state index contributed by atoms with van der Waals surface area (Å²) < 4.78 is 0. The van der Waals surface area contributed by atoms with E-state index in [4.69, 9.17) is 5.73 Å². The van der Waals surface area contributed by atoms with Crippen LogP contribution in [-0.4, -0.2) is 4.98 Å². The molecule has 1 atom stereocenters. The molecule has 2 N–H and O–H groups in total. The summed E-state index contributed by atoms with van der Waals surface area (Å²) in [4.78, 5) is 6.09. The lowest BCUT2D eigenvalue weighted by Gasteiger charge is -1.97. The lowest BCUT2D eigenvalue weighted by atomic mass is 10.2. The molecule has 0 saturated heterocycles. The molecule has 1 aliphatic rings. The zero-order valence-electron chi connectivity index (χ0n) is 8.05. The number of rotatable bonds is 1. The maximum absolute atomic E-state index is 5.81. The second-order valence-electron chi connectivity index (χ2n) is 3.77. The predicted octanol–water partition coefficient (Wildman–Crippen LogP) is 2.43.